The first-order chi connectivity index (χ1) is 9.73. The lowest BCUT2D eigenvalue weighted by Gasteiger charge is -2.25. The second kappa shape index (κ2) is 5.47. The Morgan fingerprint density at radius 1 is 1.24 bits per heavy atom. The van der Waals surface area contributed by atoms with Crippen LogP contribution in [0.4, 0.5) is 19.0 Å². The van der Waals surface area contributed by atoms with Crippen molar-refractivity contribution in [3.63, 3.8) is 0 Å². The van der Waals surface area contributed by atoms with Crippen molar-refractivity contribution in [3.8, 4) is 0 Å². The average molecular weight is 303 g/mol. The SMILES string of the molecule is CCOC(C)(C)CNc1ccc2nnc(C(F)(F)F)n2n1. The summed E-state index contributed by atoms with van der Waals surface area (Å²) < 4.78 is 44.4. The van der Waals surface area contributed by atoms with Gasteiger partial charge in [-0.25, -0.2) is 0 Å². The Morgan fingerprint density at radius 2 is 1.95 bits per heavy atom. The number of nitrogens with zero attached hydrogens (tertiary/aromatic N) is 4. The summed E-state index contributed by atoms with van der Waals surface area (Å²) in [5.74, 6) is -0.856. The minimum absolute atomic E-state index is 0.0388. The average Bonchev–Trinajstić information content (AvgIpc) is 2.79. The maximum atomic E-state index is 12.8. The van der Waals surface area contributed by atoms with Crippen molar-refractivity contribution in [1.29, 1.82) is 0 Å². The second-order valence-corrected chi connectivity index (χ2v) is 5.06. The van der Waals surface area contributed by atoms with E-state index in [2.05, 4.69) is 20.6 Å². The second-order valence-electron chi connectivity index (χ2n) is 5.06. The van der Waals surface area contributed by atoms with Gasteiger partial charge in [-0.1, -0.05) is 0 Å². The van der Waals surface area contributed by atoms with Crippen LogP contribution in [0, 0.1) is 0 Å². The number of hydrogen-bond acceptors (Lipinski definition) is 5. The fourth-order valence-electron chi connectivity index (χ4n) is 1.81. The minimum Gasteiger partial charge on any atom is -0.374 e. The molecule has 116 valence electrons. The summed E-state index contributed by atoms with van der Waals surface area (Å²) in [5.41, 5.74) is -0.414. The molecule has 2 aromatic rings. The molecule has 0 radical (unpaired) electrons. The van der Waals surface area contributed by atoms with Crippen molar-refractivity contribution < 1.29 is 17.9 Å². The molecular weight excluding hydrogens is 287 g/mol. The number of fused-ring (bicyclic) bond motifs is 1. The van der Waals surface area contributed by atoms with Crippen molar-refractivity contribution in [2.75, 3.05) is 18.5 Å². The smallest absolute Gasteiger partial charge is 0.374 e. The first kappa shape index (κ1) is 15.5. The van der Waals surface area contributed by atoms with E-state index in [9.17, 15) is 13.2 Å². The van der Waals surface area contributed by atoms with Gasteiger partial charge in [-0.2, -0.15) is 17.7 Å². The molecule has 9 heteroatoms. The maximum Gasteiger partial charge on any atom is 0.453 e. The first-order valence-electron chi connectivity index (χ1n) is 6.40. The van der Waals surface area contributed by atoms with E-state index in [1.54, 1.807) is 6.07 Å². The van der Waals surface area contributed by atoms with E-state index in [4.69, 9.17) is 4.74 Å². The largest absolute Gasteiger partial charge is 0.453 e. The van der Waals surface area contributed by atoms with Gasteiger partial charge in [0.1, 0.15) is 5.82 Å². The van der Waals surface area contributed by atoms with Gasteiger partial charge in [0.15, 0.2) is 5.65 Å². The quantitative estimate of drug-likeness (QED) is 0.918. The number of aromatic nitrogens is 4. The van der Waals surface area contributed by atoms with Crippen molar-refractivity contribution in [2.45, 2.75) is 32.5 Å². The summed E-state index contributed by atoms with van der Waals surface area (Å²) in [6.07, 6.45) is -4.60. The fourth-order valence-corrected chi connectivity index (χ4v) is 1.81. The minimum atomic E-state index is -4.60. The van der Waals surface area contributed by atoms with Gasteiger partial charge < -0.3 is 10.1 Å². The Kier molecular flexibility index (Phi) is 4.04. The Labute approximate surface area is 119 Å². The van der Waals surface area contributed by atoms with Crippen molar-refractivity contribution in [1.82, 2.24) is 19.8 Å². The Morgan fingerprint density at radius 3 is 2.57 bits per heavy atom. The number of alkyl halides is 3. The van der Waals surface area contributed by atoms with Crippen LogP contribution in [0.1, 0.15) is 26.6 Å². The van der Waals surface area contributed by atoms with Crippen LogP contribution in [-0.2, 0) is 10.9 Å². The molecule has 0 aliphatic rings. The molecule has 0 unspecified atom stereocenters. The standard InChI is InChI=1S/C12H16F3N5O/c1-4-21-11(2,3)7-16-8-5-6-9-17-18-10(12(13,14)15)20(9)19-8/h5-6H,4,7H2,1-3H3,(H,16,19). The molecule has 2 aromatic heterocycles. The monoisotopic (exact) mass is 303 g/mol. The normalized spacial score (nSPS) is 12.9. The van der Waals surface area contributed by atoms with Gasteiger partial charge in [0.2, 0.25) is 0 Å². The Bertz CT molecular complexity index is 623. The number of halogens is 3. The number of hydrogen-bond donors (Lipinski definition) is 1. The van der Waals surface area contributed by atoms with E-state index in [1.165, 1.54) is 6.07 Å². The predicted molar refractivity (Wildman–Crippen MR) is 70.0 cm³/mol. The Hall–Kier alpha value is -1.90. The molecule has 0 spiro atoms. The van der Waals surface area contributed by atoms with E-state index < -0.39 is 17.6 Å². The fraction of sp³-hybridized carbons (Fsp3) is 0.583. The molecule has 2 heterocycles. The van der Waals surface area contributed by atoms with Crippen molar-refractivity contribution in [3.05, 3.63) is 18.0 Å². The lowest BCUT2D eigenvalue weighted by atomic mass is 10.1. The van der Waals surface area contributed by atoms with Crippen LogP contribution in [0.2, 0.25) is 0 Å². The van der Waals surface area contributed by atoms with Gasteiger partial charge in [0, 0.05) is 13.2 Å². The third-order valence-electron chi connectivity index (χ3n) is 2.75. The Balaban J connectivity index is 2.22. The van der Waals surface area contributed by atoms with E-state index in [0.29, 0.717) is 23.5 Å². The van der Waals surface area contributed by atoms with E-state index in [1.807, 2.05) is 20.8 Å². The molecule has 0 atom stereocenters. The zero-order valence-corrected chi connectivity index (χ0v) is 11.9. The zero-order valence-electron chi connectivity index (χ0n) is 11.9. The molecule has 2 rings (SSSR count). The maximum absolute atomic E-state index is 12.8. The molecule has 0 aromatic carbocycles. The molecule has 0 bridgehead atoms. The highest BCUT2D eigenvalue weighted by molar-refractivity contribution is 5.44. The molecule has 0 saturated heterocycles. The van der Waals surface area contributed by atoms with Crippen LogP contribution in [0.15, 0.2) is 12.1 Å². The highest BCUT2D eigenvalue weighted by Crippen LogP contribution is 2.27. The first-order valence-corrected chi connectivity index (χ1v) is 6.40. The number of ether oxygens (including phenoxy) is 1. The summed E-state index contributed by atoms with van der Waals surface area (Å²) in [7, 11) is 0. The molecule has 0 aliphatic heterocycles. The summed E-state index contributed by atoms with van der Waals surface area (Å²) in [4.78, 5) is 0. The lowest BCUT2D eigenvalue weighted by molar-refractivity contribution is -0.146. The summed E-state index contributed by atoms with van der Waals surface area (Å²) in [5, 5.41) is 13.4. The highest BCUT2D eigenvalue weighted by atomic mass is 19.4. The molecule has 0 fully saturated rings. The van der Waals surface area contributed by atoms with E-state index in [-0.39, 0.29) is 5.65 Å². The molecular formula is C12H16F3N5O. The van der Waals surface area contributed by atoms with Gasteiger partial charge >= 0.3 is 6.18 Å². The topological polar surface area (TPSA) is 64.3 Å². The van der Waals surface area contributed by atoms with Gasteiger partial charge in [0.05, 0.1) is 5.60 Å². The van der Waals surface area contributed by atoms with E-state index in [0.717, 1.165) is 0 Å². The molecule has 0 amide bonds. The number of anilines is 1. The highest BCUT2D eigenvalue weighted by Gasteiger charge is 2.37. The summed E-state index contributed by atoms with van der Waals surface area (Å²) in [6.45, 7) is 6.58. The van der Waals surface area contributed by atoms with Crippen LogP contribution in [0.5, 0.6) is 0 Å². The summed E-state index contributed by atoms with van der Waals surface area (Å²) in [6, 6.07) is 2.97. The van der Waals surface area contributed by atoms with Crippen molar-refractivity contribution >= 4 is 11.5 Å². The number of nitrogens with one attached hydrogen (secondary N) is 1. The zero-order chi connectivity index (χ0) is 15.7. The molecule has 0 saturated carbocycles. The van der Waals surface area contributed by atoms with Gasteiger partial charge in [-0.15, -0.1) is 15.3 Å². The third-order valence-corrected chi connectivity index (χ3v) is 2.75. The van der Waals surface area contributed by atoms with Crippen LogP contribution in [0.3, 0.4) is 0 Å². The van der Waals surface area contributed by atoms with Crippen LogP contribution >= 0.6 is 0 Å². The van der Waals surface area contributed by atoms with Crippen LogP contribution in [-0.4, -0.2) is 38.6 Å². The summed E-state index contributed by atoms with van der Waals surface area (Å²) >= 11 is 0. The van der Waals surface area contributed by atoms with Gasteiger partial charge in [0.25, 0.3) is 5.82 Å². The molecule has 1 N–H and O–H groups in total. The predicted octanol–water partition coefficient (Wildman–Crippen LogP) is 2.37. The van der Waals surface area contributed by atoms with Gasteiger partial charge in [-0.05, 0) is 32.9 Å². The molecule has 6 nitrogen and oxygen atoms in total. The van der Waals surface area contributed by atoms with Gasteiger partial charge in [-0.3, -0.25) is 0 Å². The van der Waals surface area contributed by atoms with Crippen LogP contribution in [0.25, 0.3) is 5.65 Å². The molecule has 21 heavy (non-hydrogen) atoms. The van der Waals surface area contributed by atoms with E-state index >= 15 is 0 Å². The van der Waals surface area contributed by atoms with Crippen molar-refractivity contribution in [2.24, 2.45) is 0 Å². The number of rotatable bonds is 5. The van der Waals surface area contributed by atoms with Crippen LogP contribution < -0.4 is 5.32 Å². The molecule has 0 aliphatic carbocycles. The third kappa shape index (κ3) is 3.60. The lowest BCUT2D eigenvalue weighted by Crippen LogP contribution is -2.33.